The minimum Gasteiger partial charge on any atom is -0.756 e. The number of hydrogen-bond acceptors (Lipinski definition) is 7. The number of rotatable bonds is 48. The first-order valence-electron chi connectivity index (χ1n) is 26.2. The Morgan fingerprint density at radius 3 is 1.36 bits per heavy atom. The highest BCUT2D eigenvalue weighted by atomic mass is 31.2. The monoisotopic (exact) mass is 918 g/mol. The van der Waals surface area contributed by atoms with Crippen molar-refractivity contribution in [2.75, 3.05) is 54.1 Å². The molecule has 0 bridgehead atoms. The molecule has 0 rings (SSSR count). The summed E-state index contributed by atoms with van der Waals surface area (Å²) >= 11 is 0. The van der Waals surface area contributed by atoms with E-state index in [4.69, 9.17) is 18.5 Å². The van der Waals surface area contributed by atoms with Crippen LogP contribution in [0.2, 0.25) is 0 Å². The van der Waals surface area contributed by atoms with Gasteiger partial charge in [-0.3, -0.25) is 9.36 Å². The van der Waals surface area contributed by atoms with Crippen LogP contribution in [0.25, 0.3) is 0 Å². The highest BCUT2D eigenvalue weighted by Crippen LogP contribution is 2.38. The number of quaternary nitrogens is 1. The van der Waals surface area contributed by atoms with E-state index in [0.29, 0.717) is 24.1 Å². The fourth-order valence-electron chi connectivity index (χ4n) is 6.98. The molecule has 0 saturated heterocycles. The van der Waals surface area contributed by atoms with Crippen LogP contribution < -0.4 is 4.89 Å². The van der Waals surface area contributed by atoms with Crippen molar-refractivity contribution in [2.24, 2.45) is 0 Å². The maximum atomic E-state index is 12.7. The third-order valence-corrected chi connectivity index (χ3v) is 12.0. The van der Waals surface area contributed by atoms with Crippen LogP contribution in [0.3, 0.4) is 0 Å². The van der Waals surface area contributed by atoms with E-state index in [0.717, 1.165) is 83.5 Å². The number of phosphoric ester groups is 1. The van der Waals surface area contributed by atoms with Gasteiger partial charge in [-0.25, -0.2) is 0 Å². The summed E-state index contributed by atoms with van der Waals surface area (Å²) in [6.45, 7) is 5.27. The van der Waals surface area contributed by atoms with Gasteiger partial charge in [-0.2, -0.15) is 0 Å². The molecular formula is C55H100NO7P. The maximum absolute atomic E-state index is 12.7. The van der Waals surface area contributed by atoms with Crippen LogP contribution in [0.5, 0.6) is 0 Å². The molecule has 0 aliphatic heterocycles. The van der Waals surface area contributed by atoms with Crippen molar-refractivity contribution in [2.45, 2.75) is 219 Å². The van der Waals surface area contributed by atoms with E-state index < -0.39 is 13.9 Å². The topological polar surface area (TPSA) is 94.1 Å². The third-order valence-electron chi connectivity index (χ3n) is 11.0. The number of nitrogens with zero attached hydrogens (tertiary/aromatic N) is 1. The first-order valence-corrected chi connectivity index (χ1v) is 27.6. The first kappa shape index (κ1) is 61.9. The van der Waals surface area contributed by atoms with E-state index >= 15 is 0 Å². The van der Waals surface area contributed by atoms with Gasteiger partial charge in [-0.1, -0.05) is 196 Å². The van der Waals surface area contributed by atoms with Crippen LogP contribution in [-0.2, 0) is 27.9 Å². The van der Waals surface area contributed by atoms with Crippen LogP contribution >= 0.6 is 7.82 Å². The van der Waals surface area contributed by atoms with Crippen LogP contribution in [0.4, 0.5) is 0 Å². The van der Waals surface area contributed by atoms with E-state index in [1.807, 2.05) is 21.1 Å². The zero-order chi connectivity index (χ0) is 46.9. The summed E-state index contributed by atoms with van der Waals surface area (Å²) in [5.41, 5.74) is 0. The number of ether oxygens (including phenoxy) is 2. The number of hydrogen-bond donors (Lipinski definition) is 0. The molecular weight excluding hydrogens is 818 g/mol. The van der Waals surface area contributed by atoms with Gasteiger partial charge in [0.25, 0.3) is 7.82 Å². The summed E-state index contributed by atoms with van der Waals surface area (Å²) in [4.78, 5) is 25.2. The summed E-state index contributed by atoms with van der Waals surface area (Å²) in [6, 6.07) is 0. The number of phosphoric acid groups is 1. The lowest BCUT2D eigenvalue weighted by atomic mass is 10.0. The van der Waals surface area contributed by atoms with Gasteiger partial charge in [-0.05, 0) is 83.5 Å². The quantitative estimate of drug-likeness (QED) is 0.0197. The lowest BCUT2D eigenvalue weighted by Crippen LogP contribution is -2.37. The fourth-order valence-corrected chi connectivity index (χ4v) is 7.71. The van der Waals surface area contributed by atoms with Gasteiger partial charge >= 0.3 is 5.97 Å². The summed E-state index contributed by atoms with van der Waals surface area (Å²) < 4.78 is 34.7. The van der Waals surface area contributed by atoms with Gasteiger partial charge in [0.05, 0.1) is 34.4 Å². The Balaban J connectivity index is 4.11. The molecule has 0 aliphatic rings. The van der Waals surface area contributed by atoms with Crippen molar-refractivity contribution >= 4 is 13.8 Å². The number of carbonyl (C=O) groups excluding carboxylic acids is 1. The Kier molecular flexibility index (Phi) is 45.9. The minimum atomic E-state index is -4.54. The predicted octanol–water partition coefficient (Wildman–Crippen LogP) is 15.6. The molecule has 64 heavy (non-hydrogen) atoms. The van der Waals surface area contributed by atoms with Crippen LogP contribution in [0.15, 0.2) is 72.9 Å². The van der Waals surface area contributed by atoms with Crippen molar-refractivity contribution in [3.05, 3.63) is 72.9 Å². The molecule has 0 aromatic carbocycles. The van der Waals surface area contributed by atoms with E-state index in [-0.39, 0.29) is 25.8 Å². The van der Waals surface area contributed by atoms with Gasteiger partial charge in [0.1, 0.15) is 19.3 Å². The number of likely N-dealkylation sites (N-methyl/N-ethyl adjacent to an activating group) is 1. The summed E-state index contributed by atoms with van der Waals surface area (Å²) in [7, 11) is 1.34. The minimum absolute atomic E-state index is 0.0206. The molecule has 0 aromatic heterocycles. The van der Waals surface area contributed by atoms with E-state index in [9.17, 15) is 14.3 Å². The second kappa shape index (κ2) is 47.4. The molecule has 0 saturated carbocycles. The molecule has 0 spiro atoms. The molecule has 0 radical (unpaired) electrons. The highest BCUT2D eigenvalue weighted by Gasteiger charge is 2.20. The third kappa shape index (κ3) is 50.9. The molecule has 372 valence electrons. The lowest BCUT2D eigenvalue weighted by molar-refractivity contribution is -0.870. The highest BCUT2D eigenvalue weighted by molar-refractivity contribution is 7.45. The summed E-state index contributed by atoms with van der Waals surface area (Å²) in [5, 5.41) is 0. The normalized spacial score (nSPS) is 14.2. The van der Waals surface area contributed by atoms with Crippen molar-refractivity contribution < 1.29 is 37.3 Å². The average Bonchev–Trinajstić information content (AvgIpc) is 3.25. The van der Waals surface area contributed by atoms with Gasteiger partial charge in [-0.15, -0.1) is 0 Å². The largest absolute Gasteiger partial charge is 0.756 e. The van der Waals surface area contributed by atoms with Crippen molar-refractivity contribution in [1.82, 2.24) is 0 Å². The van der Waals surface area contributed by atoms with E-state index in [1.54, 1.807) is 0 Å². The van der Waals surface area contributed by atoms with Crippen LogP contribution in [0.1, 0.15) is 213 Å². The molecule has 0 N–H and O–H groups in total. The second-order valence-corrected chi connectivity index (χ2v) is 19.9. The van der Waals surface area contributed by atoms with Crippen LogP contribution in [0, 0.1) is 0 Å². The molecule has 2 atom stereocenters. The molecule has 0 amide bonds. The van der Waals surface area contributed by atoms with Crippen molar-refractivity contribution in [3.63, 3.8) is 0 Å². The lowest BCUT2D eigenvalue weighted by Gasteiger charge is -2.28. The standard InChI is InChI=1S/C55H100NO7P/c1-6-8-10-12-14-16-18-20-22-24-25-26-27-28-29-30-31-32-33-35-37-39-41-43-45-47-50-60-52-54(53-62-64(58,59)61-51-49-56(3,4)5)63-55(57)48-46-44-42-40-38-36-34-23-21-19-17-15-13-11-9-7-2/h8,10,14,16-17,19-20,22-23,25-26,34,54H,6-7,9,11-13,15,18,21,24,27-33,35-53H2,1-5H3/b10-8-,16-14-,19-17-,22-20-,26-25-,34-23-. The first-order chi connectivity index (χ1) is 31.1. The Morgan fingerprint density at radius 2 is 0.906 bits per heavy atom. The van der Waals surface area contributed by atoms with Crippen LogP contribution in [-0.4, -0.2) is 70.7 Å². The molecule has 2 unspecified atom stereocenters. The average molecular weight is 918 g/mol. The number of allylic oxidation sites excluding steroid dienone is 12. The fraction of sp³-hybridized carbons (Fsp3) is 0.764. The van der Waals surface area contributed by atoms with Gasteiger partial charge in [0.2, 0.25) is 0 Å². The van der Waals surface area contributed by atoms with Crippen molar-refractivity contribution in [1.29, 1.82) is 0 Å². The zero-order valence-corrected chi connectivity index (χ0v) is 43.1. The molecule has 8 nitrogen and oxygen atoms in total. The Morgan fingerprint density at radius 1 is 0.500 bits per heavy atom. The van der Waals surface area contributed by atoms with Gasteiger partial charge in [0, 0.05) is 13.0 Å². The van der Waals surface area contributed by atoms with Gasteiger partial charge in [0.15, 0.2) is 0 Å². The SMILES string of the molecule is CC/C=C\C/C=C\C/C=C\C/C=C\CCCCCCCCCCCCCCCOCC(COP(=O)([O-])OCC[N+](C)(C)C)OC(=O)CCCCCCC/C=C\C/C=C\CCCCCC. The zero-order valence-electron chi connectivity index (χ0n) is 42.2. The van der Waals surface area contributed by atoms with E-state index in [1.165, 1.54) is 109 Å². The predicted molar refractivity (Wildman–Crippen MR) is 272 cm³/mol. The smallest absolute Gasteiger partial charge is 0.306 e. The number of unbranched alkanes of at least 4 members (excludes halogenated alkanes) is 22. The van der Waals surface area contributed by atoms with Gasteiger partial charge < -0.3 is 27.9 Å². The van der Waals surface area contributed by atoms with Crippen molar-refractivity contribution in [3.8, 4) is 0 Å². The Hall–Kier alpha value is -2.06. The summed E-state index contributed by atoms with van der Waals surface area (Å²) in [5.74, 6) is -0.348. The summed E-state index contributed by atoms with van der Waals surface area (Å²) in [6.07, 6.45) is 62.1. The second-order valence-electron chi connectivity index (χ2n) is 18.5. The van der Waals surface area contributed by atoms with E-state index in [2.05, 4.69) is 86.8 Å². The Labute approximate surface area is 395 Å². The molecule has 0 aliphatic carbocycles. The maximum Gasteiger partial charge on any atom is 0.306 e. The molecule has 0 aromatic rings. The number of carbonyl (C=O) groups is 1. The molecule has 9 heteroatoms. The molecule has 0 heterocycles. The number of esters is 1. The molecule has 0 fully saturated rings. The Bertz CT molecular complexity index is 1250.